The molecule has 3 rings (SSSR count). The predicted octanol–water partition coefficient (Wildman–Crippen LogP) is 4.55. The molecule has 8 nitrogen and oxygen atoms in total. The van der Waals surface area contributed by atoms with Crippen molar-refractivity contribution in [2.75, 3.05) is 24.2 Å². The van der Waals surface area contributed by atoms with Gasteiger partial charge in [0, 0.05) is 37.5 Å². The van der Waals surface area contributed by atoms with Gasteiger partial charge in [0.05, 0.1) is 19.1 Å². The summed E-state index contributed by atoms with van der Waals surface area (Å²) in [4.78, 5) is 28.7. The fourth-order valence-corrected chi connectivity index (χ4v) is 5.53. The summed E-state index contributed by atoms with van der Waals surface area (Å²) in [5, 5.41) is 2.90. The van der Waals surface area contributed by atoms with Gasteiger partial charge in [0.1, 0.15) is 17.6 Å². The molecule has 0 aliphatic heterocycles. The van der Waals surface area contributed by atoms with Crippen LogP contribution in [-0.4, -0.2) is 57.1 Å². The van der Waals surface area contributed by atoms with Gasteiger partial charge in [0.15, 0.2) is 0 Å². The fourth-order valence-electron chi connectivity index (χ4n) is 4.56. The van der Waals surface area contributed by atoms with Gasteiger partial charge in [-0.1, -0.05) is 60.7 Å². The molecule has 0 heterocycles. The van der Waals surface area contributed by atoms with E-state index in [9.17, 15) is 22.4 Å². The number of hydrogen-bond acceptors (Lipinski definition) is 5. The number of halogens is 1. The van der Waals surface area contributed by atoms with Crippen molar-refractivity contribution in [2.24, 2.45) is 0 Å². The van der Waals surface area contributed by atoms with Crippen molar-refractivity contribution in [1.82, 2.24) is 10.2 Å². The Morgan fingerprint density at radius 3 is 2.22 bits per heavy atom. The number of benzene rings is 3. The van der Waals surface area contributed by atoms with E-state index in [1.807, 2.05) is 44.2 Å². The second kappa shape index (κ2) is 14.6. The zero-order valence-corrected chi connectivity index (χ0v) is 24.7. The van der Waals surface area contributed by atoms with E-state index in [0.717, 1.165) is 11.8 Å². The first-order chi connectivity index (χ1) is 19.5. The van der Waals surface area contributed by atoms with Gasteiger partial charge in [-0.2, -0.15) is 0 Å². The normalized spacial score (nSPS) is 12.0. The quantitative estimate of drug-likeness (QED) is 0.301. The minimum absolute atomic E-state index is 0.0139. The maximum absolute atomic E-state index is 14.7. The van der Waals surface area contributed by atoms with Crippen LogP contribution in [0.5, 0.6) is 5.75 Å². The van der Waals surface area contributed by atoms with Gasteiger partial charge < -0.3 is 15.0 Å². The summed E-state index contributed by atoms with van der Waals surface area (Å²) in [6.45, 7) is 3.56. The van der Waals surface area contributed by atoms with Crippen molar-refractivity contribution in [3.05, 3.63) is 95.8 Å². The molecule has 3 aromatic carbocycles. The van der Waals surface area contributed by atoms with Gasteiger partial charge in [0.25, 0.3) is 0 Å². The predicted molar refractivity (Wildman–Crippen MR) is 159 cm³/mol. The van der Waals surface area contributed by atoms with Gasteiger partial charge in [-0.3, -0.25) is 13.9 Å². The highest BCUT2D eigenvalue weighted by Gasteiger charge is 2.31. The van der Waals surface area contributed by atoms with E-state index in [1.54, 1.807) is 42.5 Å². The number of ether oxygens (including phenoxy) is 1. The Bertz CT molecular complexity index is 1420. The lowest BCUT2D eigenvalue weighted by atomic mass is 10.0. The Kier molecular flexibility index (Phi) is 11.3. The largest absolute Gasteiger partial charge is 0.495 e. The van der Waals surface area contributed by atoms with Crippen molar-refractivity contribution in [2.45, 2.75) is 51.7 Å². The highest BCUT2D eigenvalue weighted by atomic mass is 32.2. The molecule has 0 spiro atoms. The summed E-state index contributed by atoms with van der Waals surface area (Å²) in [7, 11) is -2.24. The highest BCUT2D eigenvalue weighted by Crippen LogP contribution is 2.30. The molecule has 10 heteroatoms. The molecular formula is C31H38FN3O5S. The zero-order valence-electron chi connectivity index (χ0n) is 23.9. The third-order valence-corrected chi connectivity index (χ3v) is 7.69. The Morgan fingerprint density at radius 1 is 0.951 bits per heavy atom. The van der Waals surface area contributed by atoms with Crippen LogP contribution in [0.15, 0.2) is 78.9 Å². The second-order valence-electron chi connectivity index (χ2n) is 10.1. The van der Waals surface area contributed by atoms with Crippen LogP contribution < -0.4 is 14.4 Å². The van der Waals surface area contributed by atoms with Crippen LogP contribution in [0.3, 0.4) is 0 Å². The van der Waals surface area contributed by atoms with E-state index >= 15 is 0 Å². The number of nitrogens with one attached hydrogen (secondary N) is 1. The number of hydrogen-bond donors (Lipinski definition) is 1. The Labute approximate surface area is 242 Å². The standard InChI is InChI=1S/C31H38FN3O5S/c1-23(2)33-31(37)28(21-24-13-6-5-7-14-24)34(22-25-15-8-9-16-26(25)32)30(36)19-12-20-35(41(4,38)39)27-17-10-11-18-29(27)40-3/h5-11,13-18,23,28H,12,19-22H2,1-4H3,(H,33,37)/t28-/m1/s1. The molecular weight excluding hydrogens is 545 g/mol. The lowest BCUT2D eigenvalue weighted by Crippen LogP contribution is -2.52. The number of methoxy groups -OCH3 is 1. The van der Waals surface area contributed by atoms with Crippen molar-refractivity contribution < 1.29 is 27.1 Å². The Balaban J connectivity index is 1.90. The molecule has 0 unspecified atom stereocenters. The highest BCUT2D eigenvalue weighted by molar-refractivity contribution is 7.92. The summed E-state index contributed by atoms with van der Waals surface area (Å²) in [5.41, 5.74) is 1.50. The third kappa shape index (κ3) is 9.04. The number of sulfonamides is 1. The molecule has 0 aromatic heterocycles. The van der Waals surface area contributed by atoms with E-state index in [1.165, 1.54) is 22.4 Å². The second-order valence-corrected chi connectivity index (χ2v) is 12.0. The zero-order chi connectivity index (χ0) is 30.0. The van der Waals surface area contributed by atoms with Crippen LogP contribution in [0.1, 0.15) is 37.8 Å². The van der Waals surface area contributed by atoms with E-state index in [0.29, 0.717) is 11.4 Å². The first-order valence-electron chi connectivity index (χ1n) is 13.5. The fraction of sp³-hybridized carbons (Fsp3) is 0.355. The van der Waals surface area contributed by atoms with Crippen molar-refractivity contribution in [3.8, 4) is 5.75 Å². The molecule has 1 atom stereocenters. The maximum atomic E-state index is 14.7. The lowest BCUT2D eigenvalue weighted by molar-refractivity contribution is -0.141. The van der Waals surface area contributed by atoms with Crippen LogP contribution in [0.25, 0.3) is 0 Å². The average molecular weight is 584 g/mol. The third-order valence-electron chi connectivity index (χ3n) is 6.51. The Hall–Kier alpha value is -3.92. The molecule has 0 bridgehead atoms. The summed E-state index contributed by atoms with van der Waals surface area (Å²) in [6, 6.07) is 21.1. The molecule has 0 radical (unpaired) electrons. The van der Waals surface area contributed by atoms with Gasteiger partial charge >= 0.3 is 0 Å². The van der Waals surface area contributed by atoms with Crippen molar-refractivity contribution in [3.63, 3.8) is 0 Å². The van der Waals surface area contributed by atoms with Crippen molar-refractivity contribution >= 4 is 27.5 Å². The van der Waals surface area contributed by atoms with Crippen LogP contribution in [0.4, 0.5) is 10.1 Å². The summed E-state index contributed by atoms with van der Waals surface area (Å²) in [5.74, 6) is -0.826. The SMILES string of the molecule is COc1ccccc1N(CCCC(=O)N(Cc1ccccc1F)[C@H](Cc1ccccc1)C(=O)NC(C)C)S(C)(=O)=O. The number of amides is 2. The molecule has 2 amide bonds. The number of rotatable bonds is 14. The minimum Gasteiger partial charge on any atom is -0.495 e. The van der Waals surface area contributed by atoms with Crippen LogP contribution in [0.2, 0.25) is 0 Å². The number of anilines is 1. The smallest absolute Gasteiger partial charge is 0.243 e. The Morgan fingerprint density at radius 2 is 1.59 bits per heavy atom. The first kappa shape index (κ1) is 31.6. The summed E-state index contributed by atoms with van der Waals surface area (Å²) < 4.78 is 46.6. The topological polar surface area (TPSA) is 96.0 Å². The molecule has 3 aromatic rings. The first-order valence-corrected chi connectivity index (χ1v) is 15.3. The molecule has 220 valence electrons. The van der Waals surface area contributed by atoms with Gasteiger partial charge in [0.2, 0.25) is 21.8 Å². The average Bonchev–Trinajstić information content (AvgIpc) is 2.93. The number of carbonyl (C=O) groups is 2. The maximum Gasteiger partial charge on any atom is 0.243 e. The number of nitrogens with zero attached hydrogens (tertiary/aromatic N) is 2. The van der Waals surface area contributed by atoms with E-state index in [2.05, 4.69) is 5.32 Å². The van der Waals surface area contributed by atoms with E-state index in [4.69, 9.17) is 4.74 Å². The monoisotopic (exact) mass is 583 g/mol. The minimum atomic E-state index is -3.69. The molecule has 0 saturated heterocycles. The van der Waals surface area contributed by atoms with Gasteiger partial charge in [-0.15, -0.1) is 0 Å². The van der Waals surface area contributed by atoms with Crippen LogP contribution in [-0.2, 0) is 32.6 Å². The molecule has 41 heavy (non-hydrogen) atoms. The van der Waals surface area contributed by atoms with E-state index < -0.39 is 21.9 Å². The summed E-state index contributed by atoms with van der Waals surface area (Å²) in [6.07, 6.45) is 1.44. The number of carbonyl (C=O) groups excluding carboxylic acids is 2. The number of para-hydroxylation sites is 2. The van der Waals surface area contributed by atoms with Crippen LogP contribution >= 0.6 is 0 Å². The lowest BCUT2D eigenvalue weighted by Gasteiger charge is -2.32. The molecule has 0 fully saturated rings. The molecule has 1 N–H and O–H groups in total. The van der Waals surface area contributed by atoms with E-state index in [-0.39, 0.29) is 55.8 Å². The van der Waals surface area contributed by atoms with Gasteiger partial charge in [-0.05, 0) is 44.0 Å². The van der Waals surface area contributed by atoms with Crippen molar-refractivity contribution in [1.29, 1.82) is 0 Å². The van der Waals surface area contributed by atoms with Crippen LogP contribution in [0, 0.1) is 5.82 Å². The molecule has 0 saturated carbocycles. The molecule has 0 aliphatic carbocycles. The van der Waals surface area contributed by atoms with Gasteiger partial charge in [-0.25, -0.2) is 12.8 Å². The summed E-state index contributed by atoms with van der Waals surface area (Å²) >= 11 is 0. The molecule has 0 aliphatic rings.